The first-order chi connectivity index (χ1) is 17.8. The number of carbonyl (C=O) groups is 1. The maximum Gasteiger partial charge on any atom is 0.273 e. The highest BCUT2D eigenvalue weighted by atomic mass is 35.5. The highest BCUT2D eigenvalue weighted by Crippen LogP contribution is 2.23. The fourth-order valence-electron chi connectivity index (χ4n) is 3.73. The third kappa shape index (κ3) is 5.67. The van der Waals surface area contributed by atoms with Crippen LogP contribution in [0.3, 0.4) is 0 Å². The number of nitriles is 1. The standard InChI is InChI=1S/C29H24ClN3O3S/c1-4-36-25-13-11-21(30)15-20(25)16-26-28(35)33(23-8-6-5-7-9-23)29(37-26)24(17-31)27(34)32-22-12-10-18(2)19(3)14-22/h5-16H,4H2,1-3H3,(H,32,34)/b26-16+,29-24-. The third-order valence-electron chi connectivity index (χ3n) is 5.71. The molecule has 1 amide bonds. The minimum Gasteiger partial charge on any atom is -0.493 e. The molecule has 0 saturated heterocycles. The van der Waals surface area contributed by atoms with Crippen LogP contribution >= 0.6 is 22.9 Å². The van der Waals surface area contributed by atoms with Crippen molar-refractivity contribution in [3.63, 3.8) is 0 Å². The molecular formula is C29H24ClN3O3S. The lowest BCUT2D eigenvalue weighted by molar-refractivity contribution is -0.111. The molecule has 186 valence electrons. The average molecular weight is 530 g/mol. The topological polar surface area (TPSA) is 84.1 Å². The number of hydrogen-bond acceptors (Lipinski definition) is 5. The van der Waals surface area contributed by atoms with E-state index in [4.69, 9.17) is 16.3 Å². The summed E-state index contributed by atoms with van der Waals surface area (Å²) in [5.74, 6) is -0.0227. The van der Waals surface area contributed by atoms with Gasteiger partial charge in [0.25, 0.3) is 11.5 Å². The molecule has 4 aromatic rings. The van der Waals surface area contributed by atoms with E-state index in [0.717, 1.165) is 22.5 Å². The summed E-state index contributed by atoms with van der Waals surface area (Å²) in [5, 5.41) is 13.3. The highest BCUT2D eigenvalue weighted by Gasteiger charge is 2.18. The van der Waals surface area contributed by atoms with Crippen molar-refractivity contribution in [1.29, 1.82) is 5.26 Å². The first-order valence-electron chi connectivity index (χ1n) is 11.6. The van der Waals surface area contributed by atoms with Gasteiger partial charge in [-0.2, -0.15) is 5.26 Å². The number of anilines is 1. The third-order valence-corrected chi connectivity index (χ3v) is 7.04. The lowest BCUT2D eigenvalue weighted by Crippen LogP contribution is -2.32. The van der Waals surface area contributed by atoms with E-state index in [1.807, 2.05) is 45.0 Å². The van der Waals surface area contributed by atoms with E-state index >= 15 is 0 Å². The van der Waals surface area contributed by atoms with E-state index in [2.05, 4.69) is 5.32 Å². The van der Waals surface area contributed by atoms with Crippen molar-refractivity contribution >= 4 is 46.2 Å². The van der Waals surface area contributed by atoms with Gasteiger partial charge in [0.1, 0.15) is 16.5 Å². The molecule has 0 bridgehead atoms. The van der Waals surface area contributed by atoms with Crippen molar-refractivity contribution < 1.29 is 9.53 Å². The van der Waals surface area contributed by atoms with Gasteiger partial charge in [-0.25, -0.2) is 0 Å². The Morgan fingerprint density at radius 1 is 1.11 bits per heavy atom. The number of nitrogens with zero attached hydrogens (tertiary/aromatic N) is 2. The Kier molecular flexibility index (Phi) is 7.92. The average Bonchev–Trinajstić information content (AvgIpc) is 3.19. The fourth-order valence-corrected chi connectivity index (χ4v) is 5.00. The number of aromatic nitrogens is 1. The summed E-state index contributed by atoms with van der Waals surface area (Å²) in [7, 11) is 0. The molecule has 0 aliphatic heterocycles. The van der Waals surface area contributed by atoms with Crippen molar-refractivity contribution in [2.45, 2.75) is 20.8 Å². The van der Waals surface area contributed by atoms with Crippen LogP contribution in [-0.2, 0) is 4.79 Å². The second-order valence-corrected chi connectivity index (χ2v) is 9.71. The summed E-state index contributed by atoms with van der Waals surface area (Å²) >= 11 is 7.27. The number of ether oxygens (including phenoxy) is 1. The van der Waals surface area contributed by atoms with Gasteiger partial charge in [-0.1, -0.05) is 35.9 Å². The second kappa shape index (κ2) is 11.3. The maximum absolute atomic E-state index is 13.6. The zero-order chi connectivity index (χ0) is 26.5. The summed E-state index contributed by atoms with van der Waals surface area (Å²) in [5.41, 5.74) is 3.31. The minimum absolute atomic E-state index is 0.167. The van der Waals surface area contributed by atoms with Gasteiger partial charge in [0, 0.05) is 16.3 Å². The number of aryl methyl sites for hydroxylation is 2. The Labute approximate surface area is 223 Å². The molecule has 0 saturated carbocycles. The SMILES string of the molecule is CCOc1ccc(Cl)cc1/C=c1/s/c(=C(/C#N)C(=O)Nc2ccc(C)c(C)c2)n(-c2ccccc2)c1=O. The molecule has 0 aliphatic carbocycles. The van der Waals surface area contributed by atoms with E-state index in [1.165, 1.54) is 4.57 Å². The summed E-state index contributed by atoms with van der Waals surface area (Å²) in [6, 6.07) is 21.6. The molecule has 8 heteroatoms. The van der Waals surface area contributed by atoms with E-state index in [0.29, 0.717) is 38.8 Å². The van der Waals surface area contributed by atoms with Crippen LogP contribution in [0.5, 0.6) is 5.75 Å². The molecule has 3 aromatic carbocycles. The summed E-state index contributed by atoms with van der Waals surface area (Å²) in [6.07, 6.45) is 1.67. The predicted octanol–water partition coefficient (Wildman–Crippen LogP) is 4.71. The van der Waals surface area contributed by atoms with Gasteiger partial charge in [-0.3, -0.25) is 14.2 Å². The van der Waals surface area contributed by atoms with Crippen LogP contribution in [-0.4, -0.2) is 17.1 Å². The van der Waals surface area contributed by atoms with Crippen LogP contribution in [0.15, 0.2) is 71.5 Å². The van der Waals surface area contributed by atoms with E-state index in [1.54, 1.807) is 54.6 Å². The number of benzene rings is 3. The van der Waals surface area contributed by atoms with Gasteiger partial charge in [0.05, 0.1) is 16.8 Å². The van der Waals surface area contributed by atoms with Crippen LogP contribution in [0.1, 0.15) is 23.6 Å². The van der Waals surface area contributed by atoms with Crippen LogP contribution in [0.25, 0.3) is 17.3 Å². The van der Waals surface area contributed by atoms with Crippen LogP contribution in [0, 0.1) is 25.2 Å². The van der Waals surface area contributed by atoms with Crippen molar-refractivity contribution in [1.82, 2.24) is 4.57 Å². The molecule has 0 unspecified atom stereocenters. The monoisotopic (exact) mass is 529 g/mol. The molecule has 0 aliphatic rings. The van der Waals surface area contributed by atoms with Gasteiger partial charge in [-0.05, 0) is 80.4 Å². The normalized spacial score (nSPS) is 12.1. The maximum atomic E-state index is 13.6. The summed E-state index contributed by atoms with van der Waals surface area (Å²) in [4.78, 5) is 26.9. The van der Waals surface area contributed by atoms with Crippen molar-refractivity contribution in [3.05, 3.63) is 108 Å². The number of thiazole rings is 1. The van der Waals surface area contributed by atoms with E-state index in [9.17, 15) is 14.9 Å². The largest absolute Gasteiger partial charge is 0.493 e. The number of rotatable bonds is 6. The predicted molar refractivity (Wildman–Crippen MR) is 149 cm³/mol. The molecule has 0 radical (unpaired) electrons. The lowest BCUT2D eigenvalue weighted by atomic mass is 10.1. The number of amides is 1. The molecule has 37 heavy (non-hydrogen) atoms. The molecule has 0 atom stereocenters. The van der Waals surface area contributed by atoms with Crippen molar-refractivity contribution in [2.75, 3.05) is 11.9 Å². The number of halogens is 1. The van der Waals surface area contributed by atoms with Gasteiger partial charge in [0.2, 0.25) is 0 Å². The van der Waals surface area contributed by atoms with Crippen molar-refractivity contribution in [3.8, 4) is 17.5 Å². The number of para-hydroxylation sites is 1. The molecule has 6 nitrogen and oxygen atoms in total. The first-order valence-corrected chi connectivity index (χ1v) is 12.8. The smallest absolute Gasteiger partial charge is 0.273 e. The number of hydrogen-bond donors (Lipinski definition) is 1. The molecule has 1 N–H and O–H groups in total. The zero-order valence-electron chi connectivity index (χ0n) is 20.5. The first kappa shape index (κ1) is 26.0. The molecular weight excluding hydrogens is 506 g/mol. The Morgan fingerprint density at radius 3 is 2.54 bits per heavy atom. The van der Waals surface area contributed by atoms with Gasteiger partial charge >= 0.3 is 0 Å². The second-order valence-electron chi connectivity index (χ2n) is 8.25. The highest BCUT2D eigenvalue weighted by molar-refractivity contribution is 7.07. The van der Waals surface area contributed by atoms with Crippen LogP contribution < -0.4 is 24.8 Å². The van der Waals surface area contributed by atoms with E-state index < -0.39 is 5.91 Å². The number of nitrogens with one attached hydrogen (secondary N) is 1. The van der Waals surface area contributed by atoms with Gasteiger partial charge in [-0.15, -0.1) is 11.3 Å². The Balaban J connectivity index is 1.96. The number of carbonyl (C=O) groups excluding carboxylic acids is 1. The molecule has 0 spiro atoms. The zero-order valence-corrected chi connectivity index (χ0v) is 22.1. The van der Waals surface area contributed by atoms with Gasteiger partial charge in [0.15, 0.2) is 5.57 Å². The molecule has 1 aromatic heterocycles. The quantitative estimate of drug-likeness (QED) is 0.392. The summed E-state index contributed by atoms with van der Waals surface area (Å²) < 4.78 is 7.65. The molecule has 4 rings (SSSR count). The Hall–Kier alpha value is -4.12. The Bertz CT molecular complexity index is 1700. The molecule has 1 heterocycles. The lowest BCUT2D eigenvalue weighted by Gasteiger charge is -2.07. The van der Waals surface area contributed by atoms with Crippen molar-refractivity contribution in [2.24, 2.45) is 0 Å². The summed E-state index contributed by atoms with van der Waals surface area (Å²) in [6.45, 7) is 6.23. The van der Waals surface area contributed by atoms with Crippen LogP contribution in [0.4, 0.5) is 5.69 Å². The molecule has 0 fully saturated rings. The van der Waals surface area contributed by atoms with E-state index in [-0.39, 0.29) is 15.8 Å². The Morgan fingerprint density at radius 2 is 1.86 bits per heavy atom. The van der Waals surface area contributed by atoms with Gasteiger partial charge < -0.3 is 10.1 Å². The van der Waals surface area contributed by atoms with Crippen LogP contribution in [0.2, 0.25) is 5.02 Å². The minimum atomic E-state index is -0.596. The fraction of sp³-hybridized carbons (Fsp3) is 0.138.